The summed E-state index contributed by atoms with van der Waals surface area (Å²) >= 11 is 0. The predicted molar refractivity (Wildman–Crippen MR) is 34.9 cm³/mol. The fraction of sp³-hybridized carbons (Fsp3) is 1.00. The van der Waals surface area contributed by atoms with Gasteiger partial charge < -0.3 is 10.2 Å². The molecule has 2 nitrogen and oxygen atoms in total. The molecule has 0 N–H and O–H groups in total. The topological polar surface area (TPSA) is 46.1 Å². The minimum atomic E-state index is 0. The molecule has 0 aliphatic carbocycles. The van der Waals surface area contributed by atoms with E-state index in [1.165, 1.54) is 0 Å². The molecule has 0 saturated heterocycles. The van der Waals surface area contributed by atoms with Gasteiger partial charge in [0, 0.05) is 0 Å². The number of unbranched alkanes of at least 4 members (excludes halogenated alkanes) is 1. The van der Waals surface area contributed by atoms with Crippen LogP contribution in [-0.2, 0) is 52.4 Å². The van der Waals surface area contributed by atoms with E-state index in [4.69, 9.17) is 0 Å². The maximum atomic E-state index is 9.53. The van der Waals surface area contributed by atoms with Crippen molar-refractivity contribution in [2.75, 3.05) is 13.2 Å². The second kappa shape index (κ2) is 29.9. The van der Waals surface area contributed by atoms with Gasteiger partial charge in [-0.2, -0.15) is 0 Å². The summed E-state index contributed by atoms with van der Waals surface area (Å²) < 4.78 is 0. The average molecular weight is 315 g/mol. The van der Waals surface area contributed by atoms with Gasteiger partial charge in [0.1, 0.15) is 0 Å². The Morgan fingerprint density at radius 2 is 1.18 bits per heavy atom. The summed E-state index contributed by atoms with van der Waals surface area (Å²) in [6.07, 6.45) is 2.63. The molecule has 0 spiro atoms. The van der Waals surface area contributed by atoms with E-state index in [2.05, 4.69) is 0 Å². The Hall–Kier alpha value is 1.69. The summed E-state index contributed by atoms with van der Waals surface area (Å²) in [5.41, 5.74) is 0. The van der Waals surface area contributed by atoms with Crippen LogP contribution in [0.15, 0.2) is 0 Å². The first-order valence-corrected chi connectivity index (χ1v) is 3.49. The van der Waals surface area contributed by atoms with Crippen LogP contribution in [0.25, 0.3) is 0 Å². The standard InChI is InChI=1S/C4H9O.C3H7O.2Zr/c1-2-3-4-5;1-2-3-4;;/h2-4H2,1H3;2-3H2,1H3;;/q2*-1;2*+4. The second-order valence-electron chi connectivity index (χ2n) is 1.76. The molecule has 0 aromatic heterocycles. The van der Waals surface area contributed by atoms with Gasteiger partial charge in [0.25, 0.3) is 0 Å². The normalized spacial score (nSPS) is 6.55. The molecule has 0 atom stereocenters. The van der Waals surface area contributed by atoms with Crippen molar-refractivity contribution < 1.29 is 62.6 Å². The molecular weight excluding hydrogens is 299 g/mol. The Bertz CT molecular complexity index is 33.6. The van der Waals surface area contributed by atoms with Crippen molar-refractivity contribution in [1.29, 1.82) is 0 Å². The van der Waals surface area contributed by atoms with Gasteiger partial charge in [0.05, 0.1) is 0 Å². The van der Waals surface area contributed by atoms with Crippen LogP contribution >= 0.6 is 0 Å². The van der Waals surface area contributed by atoms with Gasteiger partial charge in [-0.15, -0.1) is 13.2 Å². The molecule has 0 aromatic rings. The molecule has 0 unspecified atom stereocenters. The van der Waals surface area contributed by atoms with Crippen LogP contribution in [0, 0.1) is 0 Å². The van der Waals surface area contributed by atoms with Crippen molar-refractivity contribution in [1.82, 2.24) is 0 Å². The van der Waals surface area contributed by atoms with E-state index < -0.39 is 0 Å². The molecule has 0 rings (SSSR count). The molecular formula is C7H16O2Zr2+6. The summed E-state index contributed by atoms with van der Waals surface area (Å²) in [4.78, 5) is 0. The van der Waals surface area contributed by atoms with Crippen LogP contribution in [-0.4, -0.2) is 13.2 Å². The van der Waals surface area contributed by atoms with E-state index in [1.807, 2.05) is 13.8 Å². The number of hydrogen-bond acceptors (Lipinski definition) is 2. The first kappa shape index (κ1) is 23.0. The molecule has 58 valence electrons. The second-order valence-corrected chi connectivity index (χ2v) is 1.76. The van der Waals surface area contributed by atoms with E-state index >= 15 is 0 Å². The molecule has 0 heterocycles. The third-order valence-corrected chi connectivity index (χ3v) is 0.702. The van der Waals surface area contributed by atoms with Gasteiger partial charge in [-0.1, -0.05) is 33.1 Å². The van der Waals surface area contributed by atoms with Gasteiger partial charge in [-0.05, 0) is 0 Å². The molecule has 0 aromatic carbocycles. The average Bonchev–Trinajstić information content (AvgIpc) is 1.91. The summed E-state index contributed by atoms with van der Waals surface area (Å²) in [5.74, 6) is 0. The molecule has 0 fully saturated rings. The third kappa shape index (κ3) is 49.9. The Morgan fingerprint density at radius 1 is 0.818 bits per heavy atom. The van der Waals surface area contributed by atoms with Gasteiger partial charge in [0.2, 0.25) is 0 Å². The van der Waals surface area contributed by atoms with E-state index in [1.54, 1.807) is 0 Å². The van der Waals surface area contributed by atoms with Gasteiger partial charge in [-0.25, -0.2) is 0 Å². The van der Waals surface area contributed by atoms with Crippen LogP contribution in [0.5, 0.6) is 0 Å². The van der Waals surface area contributed by atoms with Crippen LogP contribution in [0.1, 0.15) is 33.1 Å². The van der Waals surface area contributed by atoms with Gasteiger partial charge >= 0.3 is 52.4 Å². The van der Waals surface area contributed by atoms with Crippen LogP contribution < -0.4 is 10.2 Å². The third-order valence-electron chi connectivity index (χ3n) is 0.702. The fourth-order valence-corrected chi connectivity index (χ4v) is 0.144. The number of hydrogen-bond donors (Lipinski definition) is 0. The molecule has 0 amide bonds. The van der Waals surface area contributed by atoms with Crippen molar-refractivity contribution in [3.05, 3.63) is 0 Å². The fourth-order valence-electron chi connectivity index (χ4n) is 0.144. The molecule has 0 saturated carbocycles. The zero-order valence-electron chi connectivity index (χ0n) is 7.35. The quantitative estimate of drug-likeness (QED) is 0.730. The van der Waals surface area contributed by atoms with Crippen LogP contribution in [0.2, 0.25) is 0 Å². The summed E-state index contributed by atoms with van der Waals surface area (Å²) in [7, 11) is 0. The molecule has 0 bridgehead atoms. The molecule has 0 radical (unpaired) electrons. The monoisotopic (exact) mass is 312 g/mol. The van der Waals surface area contributed by atoms with Crippen molar-refractivity contribution in [3.8, 4) is 0 Å². The zero-order chi connectivity index (χ0) is 7.54. The van der Waals surface area contributed by atoms with Crippen LogP contribution in [0.3, 0.4) is 0 Å². The maximum Gasteiger partial charge on any atom is 4.00 e. The first-order valence-electron chi connectivity index (χ1n) is 3.49. The van der Waals surface area contributed by atoms with E-state index in [0.717, 1.165) is 19.3 Å². The minimum Gasteiger partial charge on any atom is -0.854 e. The van der Waals surface area contributed by atoms with Gasteiger partial charge in [0.15, 0.2) is 0 Å². The Balaban J connectivity index is -0.0000000383. The van der Waals surface area contributed by atoms with Crippen molar-refractivity contribution in [2.24, 2.45) is 0 Å². The largest absolute Gasteiger partial charge is 4.00 e. The molecule has 11 heavy (non-hydrogen) atoms. The summed E-state index contributed by atoms with van der Waals surface area (Å²) in [5, 5.41) is 18.8. The Kier molecular flexibility index (Phi) is 62.3. The Morgan fingerprint density at radius 3 is 1.18 bits per heavy atom. The molecule has 4 heteroatoms. The molecule has 0 aliphatic heterocycles. The predicted octanol–water partition coefficient (Wildman–Crippen LogP) is -0.102. The van der Waals surface area contributed by atoms with E-state index in [9.17, 15) is 10.2 Å². The van der Waals surface area contributed by atoms with Crippen LogP contribution in [0.4, 0.5) is 0 Å². The first-order chi connectivity index (χ1) is 4.33. The van der Waals surface area contributed by atoms with Gasteiger partial charge in [-0.3, -0.25) is 0 Å². The maximum absolute atomic E-state index is 9.53. The van der Waals surface area contributed by atoms with E-state index in [-0.39, 0.29) is 65.6 Å². The van der Waals surface area contributed by atoms with Crippen molar-refractivity contribution in [3.63, 3.8) is 0 Å². The smallest absolute Gasteiger partial charge is 0.854 e. The van der Waals surface area contributed by atoms with Crippen molar-refractivity contribution in [2.45, 2.75) is 33.1 Å². The summed E-state index contributed by atoms with van der Waals surface area (Å²) in [6.45, 7) is 4.04. The number of rotatable bonds is 3. The van der Waals surface area contributed by atoms with Crippen molar-refractivity contribution >= 4 is 0 Å². The SMILES string of the molecule is CCCC[O-].CCC[O-].[Zr+4].[Zr+4]. The molecule has 0 aliphatic rings. The minimum absolute atomic E-state index is 0. The zero-order valence-corrected chi connectivity index (χ0v) is 12.3. The Labute approximate surface area is 108 Å². The summed E-state index contributed by atoms with van der Waals surface area (Å²) in [6, 6.07) is 0. The van der Waals surface area contributed by atoms with E-state index in [0.29, 0.717) is 0 Å².